The molecule has 0 radical (unpaired) electrons. The molecule has 5 nitrogen and oxygen atoms in total. The zero-order valence-corrected chi connectivity index (χ0v) is 17.2. The van der Waals surface area contributed by atoms with Crippen LogP contribution in [-0.4, -0.2) is 19.9 Å². The second-order valence-corrected chi connectivity index (χ2v) is 7.46. The number of fused-ring (bicyclic) bond motifs is 1. The quantitative estimate of drug-likeness (QED) is 0.409. The summed E-state index contributed by atoms with van der Waals surface area (Å²) in [6.45, 7) is 2.80. The van der Waals surface area contributed by atoms with E-state index in [1.54, 1.807) is 18.6 Å². The van der Waals surface area contributed by atoms with Gasteiger partial charge in [0.1, 0.15) is 11.5 Å². The van der Waals surface area contributed by atoms with Gasteiger partial charge in [0.2, 0.25) is 0 Å². The summed E-state index contributed by atoms with van der Waals surface area (Å²) in [5.41, 5.74) is 6.46. The number of benzene rings is 2. The summed E-state index contributed by atoms with van der Waals surface area (Å²) in [4.78, 5) is 17.5. The van der Waals surface area contributed by atoms with E-state index in [9.17, 15) is 0 Å². The smallest absolute Gasteiger partial charge is 0.135 e. The van der Waals surface area contributed by atoms with Crippen LogP contribution in [0.2, 0.25) is 0 Å². The fourth-order valence-corrected chi connectivity index (χ4v) is 3.61. The normalized spacial score (nSPS) is 10.9. The fourth-order valence-electron chi connectivity index (χ4n) is 3.61. The third kappa shape index (κ3) is 4.12. The van der Waals surface area contributed by atoms with E-state index in [-0.39, 0.29) is 0 Å². The van der Waals surface area contributed by atoms with Gasteiger partial charge < -0.3 is 5.32 Å². The molecule has 0 fully saturated rings. The lowest BCUT2D eigenvalue weighted by atomic mass is 10.0. The van der Waals surface area contributed by atoms with Crippen molar-refractivity contribution in [3.8, 4) is 22.5 Å². The van der Waals surface area contributed by atoms with Gasteiger partial charge in [-0.2, -0.15) is 0 Å². The Kier molecular flexibility index (Phi) is 5.07. The molecule has 0 amide bonds. The van der Waals surface area contributed by atoms with E-state index in [2.05, 4.69) is 80.7 Å². The van der Waals surface area contributed by atoms with Crippen LogP contribution in [0.5, 0.6) is 0 Å². The first-order chi connectivity index (χ1) is 15.3. The Morgan fingerprint density at radius 1 is 0.742 bits per heavy atom. The van der Waals surface area contributed by atoms with E-state index >= 15 is 0 Å². The second-order valence-electron chi connectivity index (χ2n) is 7.46. The minimum absolute atomic E-state index is 0.687. The lowest BCUT2D eigenvalue weighted by molar-refractivity contribution is 1.12. The molecule has 5 aromatic rings. The molecule has 3 heterocycles. The highest BCUT2D eigenvalue weighted by molar-refractivity contribution is 5.92. The van der Waals surface area contributed by atoms with Crippen LogP contribution >= 0.6 is 0 Å². The number of pyridine rings is 2. The van der Waals surface area contributed by atoms with Crippen molar-refractivity contribution in [2.75, 3.05) is 5.32 Å². The molecule has 0 aliphatic carbocycles. The van der Waals surface area contributed by atoms with Crippen LogP contribution in [0.15, 0.2) is 91.6 Å². The van der Waals surface area contributed by atoms with Gasteiger partial charge in [0.15, 0.2) is 0 Å². The molecule has 0 spiro atoms. The molecule has 0 unspecified atom stereocenters. The first-order valence-electron chi connectivity index (χ1n) is 10.2. The monoisotopic (exact) mass is 403 g/mol. The maximum absolute atomic E-state index is 4.56. The van der Waals surface area contributed by atoms with Crippen molar-refractivity contribution >= 4 is 16.6 Å². The Morgan fingerprint density at radius 2 is 1.65 bits per heavy atom. The molecule has 5 rings (SSSR count). The summed E-state index contributed by atoms with van der Waals surface area (Å²) in [7, 11) is 0. The van der Waals surface area contributed by atoms with Crippen molar-refractivity contribution < 1.29 is 0 Å². The largest absolute Gasteiger partial charge is 0.365 e. The van der Waals surface area contributed by atoms with E-state index in [1.807, 2.05) is 24.5 Å². The summed E-state index contributed by atoms with van der Waals surface area (Å²) >= 11 is 0. The highest BCUT2D eigenvalue weighted by Crippen LogP contribution is 2.25. The third-order valence-corrected chi connectivity index (χ3v) is 5.24. The Hall–Kier alpha value is -4.12. The van der Waals surface area contributed by atoms with E-state index in [4.69, 9.17) is 0 Å². The maximum atomic E-state index is 4.56. The van der Waals surface area contributed by atoms with E-state index < -0.39 is 0 Å². The SMILES string of the molecule is Cc1cccc(-c2ccc(CNc3nccc4cc(-c5cnccn5)ncc34)cc2)c1. The van der Waals surface area contributed by atoms with Crippen molar-refractivity contribution in [3.63, 3.8) is 0 Å². The first kappa shape index (κ1) is 18.9. The van der Waals surface area contributed by atoms with Gasteiger partial charge in [-0.1, -0.05) is 54.1 Å². The van der Waals surface area contributed by atoms with Gasteiger partial charge in [0, 0.05) is 36.7 Å². The van der Waals surface area contributed by atoms with Crippen LogP contribution in [-0.2, 0) is 6.54 Å². The van der Waals surface area contributed by atoms with Crippen LogP contribution in [0.25, 0.3) is 33.3 Å². The van der Waals surface area contributed by atoms with Crippen molar-refractivity contribution in [1.29, 1.82) is 0 Å². The Labute approximate surface area is 180 Å². The minimum Gasteiger partial charge on any atom is -0.365 e. The molecule has 0 bridgehead atoms. The average Bonchev–Trinajstić information content (AvgIpc) is 2.83. The van der Waals surface area contributed by atoms with Crippen LogP contribution in [0.3, 0.4) is 0 Å². The molecule has 0 saturated carbocycles. The lowest BCUT2D eigenvalue weighted by Gasteiger charge is -2.10. The number of rotatable bonds is 5. The summed E-state index contributed by atoms with van der Waals surface area (Å²) in [6.07, 6.45) is 8.70. The summed E-state index contributed by atoms with van der Waals surface area (Å²) in [5, 5.41) is 5.49. The molecule has 0 aliphatic rings. The highest BCUT2D eigenvalue weighted by atomic mass is 15.0. The van der Waals surface area contributed by atoms with Crippen LogP contribution in [0.4, 0.5) is 5.82 Å². The molecular weight excluding hydrogens is 382 g/mol. The molecule has 0 saturated heterocycles. The second kappa shape index (κ2) is 8.32. The maximum Gasteiger partial charge on any atom is 0.135 e. The molecule has 0 aliphatic heterocycles. The molecule has 0 atom stereocenters. The van der Waals surface area contributed by atoms with Crippen LogP contribution in [0.1, 0.15) is 11.1 Å². The van der Waals surface area contributed by atoms with Gasteiger partial charge in [-0.05, 0) is 41.1 Å². The predicted octanol–water partition coefficient (Wildman–Crippen LogP) is 5.67. The Bertz CT molecular complexity index is 1330. The Morgan fingerprint density at radius 3 is 2.45 bits per heavy atom. The number of anilines is 1. The van der Waals surface area contributed by atoms with Crippen molar-refractivity contribution in [2.24, 2.45) is 0 Å². The van der Waals surface area contributed by atoms with Crippen LogP contribution < -0.4 is 5.32 Å². The zero-order valence-electron chi connectivity index (χ0n) is 17.2. The van der Waals surface area contributed by atoms with Gasteiger partial charge in [-0.3, -0.25) is 15.0 Å². The van der Waals surface area contributed by atoms with Gasteiger partial charge >= 0.3 is 0 Å². The van der Waals surface area contributed by atoms with E-state index in [0.717, 1.165) is 28.0 Å². The molecule has 150 valence electrons. The molecule has 3 aromatic heterocycles. The summed E-state index contributed by atoms with van der Waals surface area (Å²) in [5.74, 6) is 0.818. The minimum atomic E-state index is 0.687. The van der Waals surface area contributed by atoms with Gasteiger partial charge in [-0.25, -0.2) is 4.98 Å². The number of hydrogen-bond acceptors (Lipinski definition) is 5. The van der Waals surface area contributed by atoms with Crippen molar-refractivity contribution in [2.45, 2.75) is 13.5 Å². The Balaban J connectivity index is 1.35. The first-order valence-corrected chi connectivity index (χ1v) is 10.2. The van der Waals surface area contributed by atoms with Crippen molar-refractivity contribution in [1.82, 2.24) is 19.9 Å². The average molecular weight is 403 g/mol. The topological polar surface area (TPSA) is 63.6 Å². The van der Waals surface area contributed by atoms with Gasteiger partial charge in [0.25, 0.3) is 0 Å². The summed E-state index contributed by atoms with van der Waals surface area (Å²) in [6, 6.07) is 21.2. The molecule has 5 heteroatoms. The molecule has 31 heavy (non-hydrogen) atoms. The van der Waals surface area contributed by atoms with Crippen LogP contribution in [0, 0.1) is 6.92 Å². The van der Waals surface area contributed by atoms with E-state index in [1.165, 1.54) is 22.3 Å². The van der Waals surface area contributed by atoms with Crippen molar-refractivity contribution in [3.05, 3.63) is 103 Å². The standard InChI is InChI=1S/C26H21N5/c1-18-3-2-4-21(13-18)20-7-5-19(6-8-20)15-31-26-23-16-30-24(14-22(23)9-10-29-26)25-17-27-11-12-28-25/h2-14,16-17H,15H2,1H3,(H,29,31). The number of nitrogens with zero attached hydrogens (tertiary/aromatic N) is 4. The third-order valence-electron chi connectivity index (χ3n) is 5.24. The van der Waals surface area contributed by atoms with E-state index in [0.29, 0.717) is 6.54 Å². The molecule has 2 aromatic carbocycles. The van der Waals surface area contributed by atoms with Gasteiger partial charge in [0.05, 0.1) is 11.9 Å². The number of nitrogens with one attached hydrogen (secondary N) is 1. The number of aryl methyl sites for hydroxylation is 1. The summed E-state index contributed by atoms with van der Waals surface area (Å²) < 4.78 is 0. The fraction of sp³-hybridized carbons (Fsp3) is 0.0769. The highest BCUT2D eigenvalue weighted by Gasteiger charge is 2.07. The number of aromatic nitrogens is 4. The lowest BCUT2D eigenvalue weighted by Crippen LogP contribution is -2.02. The zero-order chi connectivity index (χ0) is 21.0. The molecule has 1 N–H and O–H groups in total. The number of hydrogen-bond donors (Lipinski definition) is 1. The van der Waals surface area contributed by atoms with Gasteiger partial charge in [-0.15, -0.1) is 0 Å². The molecular formula is C26H21N5. The predicted molar refractivity (Wildman–Crippen MR) is 125 cm³/mol.